The molecular weight excluding hydrogens is 178 g/mol. The summed E-state index contributed by atoms with van der Waals surface area (Å²) < 4.78 is 4.85. The fourth-order valence-electron chi connectivity index (χ4n) is 2.08. The van der Waals surface area contributed by atoms with Crippen molar-refractivity contribution in [2.45, 2.75) is 51.5 Å². The SMILES string of the molecule is CCOC(=O)C(N)CCC1CCCC1. The van der Waals surface area contributed by atoms with Gasteiger partial charge < -0.3 is 10.5 Å². The van der Waals surface area contributed by atoms with Gasteiger partial charge in [0.1, 0.15) is 6.04 Å². The maximum atomic E-state index is 11.2. The summed E-state index contributed by atoms with van der Waals surface area (Å²) in [7, 11) is 0. The first kappa shape index (κ1) is 11.5. The molecule has 3 heteroatoms. The second-order valence-corrected chi connectivity index (χ2v) is 4.09. The third-order valence-electron chi connectivity index (χ3n) is 2.95. The Balaban J connectivity index is 2.13. The largest absolute Gasteiger partial charge is 0.465 e. The molecule has 1 atom stereocenters. The monoisotopic (exact) mass is 199 g/mol. The van der Waals surface area contributed by atoms with Gasteiger partial charge >= 0.3 is 5.97 Å². The highest BCUT2D eigenvalue weighted by Gasteiger charge is 2.19. The normalized spacial score (nSPS) is 19.6. The van der Waals surface area contributed by atoms with Crippen molar-refractivity contribution in [3.8, 4) is 0 Å². The van der Waals surface area contributed by atoms with E-state index >= 15 is 0 Å². The van der Waals surface area contributed by atoms with Crippen LogP contribution in [0.3, 0.4) is 0 Å². The maximum absolute atomic E-state index is 11.2. The molecule has 0 spiro atoms. The van der Waals surface area contributed by atoms with E-state index in [1.165, 1.54) is 25.7 Å². The molecule has 82 valence electrons. The van der Waals surface area contributed by atoms with Crippen molar-refractivity contribution >= 4 is 5.97 Å². The smallest absolute Gasteiger partial charge is 0.322 e. The van der Waals surface area contributed by atoms with Gasteiger partial charge in [-0.25, -0.2) is 0 Å². The van der Waals surface area contributed by atoms with Gasteiger partial charge in [-0.2, -0.15) is 0 Å². The molecule has 0 amide bonds. The summed E-state index contributed by atoms with van der Waals surface area (Å²) in [6.45, 7) is 2.23. The molecule has 0 saturated heterocycles. The molecule has 2 N–H and O–H groups in total. The summed E-state index contributed by atoms with van der Waals surface area (Å²) in [5.41, 5.74) is 5.71. The van der Waals surface area contributed by atoms with E-state index in [9.17, 15) is 4.79 Å². The number of nitrogens with two attached hydrogens (primary N) is 1. The highest BCUT2D eigenvalue weighted by molar-refractivity contribution is 5.75. The van der Waals surface area contributed by atoms with Crippen molar-refractivity contribution in [3.05, 3.63) is 0 Å². The first-order chi connectivity index (χ1) is 6.74. The van der Waals surface area contributed by atoms with Crippen molar-refractivity contribution in [2.75, 3.05) is 6.61 Å². The lowest BCUT2D eigenvalue weighted by Gasteiger charge is -2.13. The number of hydrogen-bond acceptors (Lipinski definition) is 3. The molecule has 0 radical (unpaired) electrons. The minimum Gasteiger partial charge on any atom is -0.465 e. The first-order valence-corrected chi connectivity index (χ1v) is 5.66. The van der Waals surface area contributed by atoms with Crippen molar-refractivity contribution < 1.29 is 9.53 Å². The van der Waals surface area contributed by atoms with Crippen LogP contribution < -0.4 is 5.73 Å². The van der Waals surface area contributed by atoms with E-state index in [-0.39, 0.29) is 5.97 Å². The molecule has 0 aromatic heterocycles. The lowest BCUT2D eigenvalue weighted by Crippen LogP contribution is -2.32. The van der Waals surface area contributed by atoms with E-state index in [1.807, 2.05) is 6.92 Å². The summed E-state index contributed by atoms with van der Waals surface area (Å²) in [4.78, 5) is 11.2. The van der Waals surface area contributed by atoms with Gasteiger partial charge in [-0.3, -0.25) is 4.79 Å². The average molecular weight is 199 g/mol. The van der Waals surface area contributed by atoms with E-state index in [0.717, 1.165) is 18.8 Å². The summed E-state index contributed by atoms with van der Waals surface area (Å²) in [6.07, 6.45) is 7.19. The number of carbonyl (C=O) groups is 1. The highest BCUT2D eigenvalue weighted by atomic mass is 16.5. The van der Waals surface area contributed by atoms with Crippen LogP contribution in [0.4, 0.5) is 0 Å². The Morgan fingerprint density at radius 3 is 2.71 bits per heavy atom. The standard InChI is InChI=1S/C11H21NO2/c1-2-14-11(13)10(12)8-7-9-5-3-4-6-9/h9-10H,2-8,12H2,1H3. The van der Waals surface area contributed by atoms with Crippen molar-refractivity contribution in [3.63, 3.8) is 0 Å². The van der Waals surface area contributed by atoms with Crippen LogP contribution in [0.1, 0.15) is 45.4 Å². The molecular formula is C11H21NO2. The molecule has 0 aromatic rings. The van der Waals surface area contributed by atoms with Gasteiger partial charge in [0.05, 0.1) is 6.61 Å². The molecule has 3 nitrogen and oxygen atoms in total. The second kappa shape index (κ2) is 6.02. The number of carbonyl (C=O) groups excluding carboxylic acids is 1. The molecule has 0 aromatic carbocycles. The van der Waals surface area contributed by atoms with Gasteiger partial charge in [-0.1, -0.05) is 25.7 Å². The third kappa shape index (κ3) is 3.66. The molecule has 0 heterocycles. The fraction of sp³-hybridized carbons (Fsp3) is 0.909. The number of ether oxygens (including phenoxy) is 1. The van der Waals surface area contributed by atoms with Crippen LogP contribution in [0.2, 0.25) is 0 Å². The van der Waals surface area contributed by atoms with Crippen LogP contribution in [0, 0.1) is 5.92 Å². The topological polar surface area (TPSA) is 52.3 Å². The Morgan fingerprint density at radius 1 is 1.50 bits per heavy atom. The zero-order chi connectivity index (χ0) is 10.4. The second-order valence-electron chi connectivity index (χ2n) is 4.09. The van der Waals surface area contributed by atoms with Crippen molar-refractivity contribution in [1.82, 2.24) is 0 Å². The third-order valence-corrected chi connectivity index (χ3v) is 2.95. The predicted molar refractivity (Wildman–Crippen MR) is 55.8 cm³/mol. The Labute approximate surface area is 86.0 Å². The minimum atomic E-state index is -0.407. The molecule has 0 bridgehead atoms. The maximum Gasteiger partial charge on any atom is 0.322 e. The molecule has 1 unspecified atom stereocenters. The van der Waals surface area contributed by atoms with Gasteiger partial charge in [0.2, 0.25) is 0 Å². The number of hydrogen-bond donors (Lipinski definition) is 1. The van der Waals surface area contributed by atoms with E-state index in [4.69, 9.17) is 10.5 Å². The molecule has 1 aliphatic rings. The van der Waals surface area contributed by atoms with E-state index in [2.05, 4.69) is 0 Å². The molecule has 1 fully saturated rings. The zero-order valence-electron chi connectivity index (χ0n) is 9.00. The molecule has 1 aliphatic carbocycles. The summed E-state index contributed by atoms with van der Waals surface area (Å²) >= 11 is 0. The molecule has 14 heavy (non-hydrogen) atoms. The molecule has 1 rings (SSSR count). The van der Waals surface area contributed by atoms with Crippen LogP contribution in [0.25, 0.3) is 0 Å². The predicted octanol–water partition coefficient (Wildman–Crippen LogP) is 1.85. The van der Waals surface area contributed by atoms with Crippen LogP contribution in [0.5, 0.6) is 0 Å². The van der Waals surface area contributed by atoms with E-state index in [1.54, 1.807) is 0 Å². The molecule has 0 aliphatic heterocycles. The van der Waals surface area contributed by atoms with Gasteiger partial charge in [0.15, 0.2) is 0 Å². The zero-order valence-corrected chi connectivity index (χ0v) is 9.00. The quantitative estimate of drug-likeness (QED) is 0.687. The van der Waals surface area contributed by atoms with Gasteiger partial charge in [-0.15, -0.1) is 0 Å². The van der Waals surface area contributed by atoms with Gasteiger partial charge in [0, 0.05) is 0 Å². The Hall–Kier alpha value is -0.570. The first-order valence-electron chi connectivity index (χ1n) is 5.66. The van der Waals surface area contributed by atoms with Gasteiger partial charge in [-0.05, 0) is 25.7 Å². The van der Waals surface area contributed by atoms with Crippen LogP contribution in [-0.4, -0.2) is 18.6 Å². The van der Waals surface area contributed by atoms with Crippen LogP contribution in [0.15, 0.2) is 0 Å². The lowest BCUT2D eigenvalue weighted by molar-refractivity contribution is -0.144. The Bertz CT molecular complexity index is 176. The number of rotatable bonds is 5. The highest BCUT2D eigenvalue weighted by Crippen LogP contribution is 2.28. The summed E-state index contributed by atoms with van der Waals surface area (Å²) in [6, 6.07) is -0.407. The lowest BCUT2D eigenvalue weighted by atomic mass is 9.99. The summed E-state index contributed by atoms with van der Waals surface area (Å²) in [5, 5.41) is 0. The fourth-order valence-corrected chi connectivity index (χ4v) is 2.08. The van der Waals surface area contributed by atoms with E-state index < -0.39 is 6.04 Å². The van der Waals surface area contributed by atoms with Crippen molar-refractivity contribution in [1.29, 1.82) is 0 Å². The summed E-state index contributed by atoms with van der Waals surface area (Å²) in [5.74, 6) is 0.556. The van der Waals surface area contributed by atoms with Crippen LogP contribution in [-0.2, 0) is 9.53 Å². The van der Waals surface area contributed by atoms with Crippen LogP contribution >= 0.6 is 0 Å². The Kier molecular flexibility index (Phi) is 4.94. The van der Waals surface area contributed by atoms with Crippen molar-refractivity contribution in [2.24, 2.45) is 11.7 Å². The van der Waals surface area contributed by atoms with E-state index in [0.29, 0.717) is 6.61 Å². The number of esters is 1. The minimum absolute atomic E-state index is 0.245. The Morgan fingerprint density at radius 2 is 2.14 bits per heavy atom. The molecule has 1 saturated carbocycles. The average Bonchev–Trinajstić information content (AvgIpc) is 2.67. The van der Waals surface area contributed by atoms with Gasteiger partial charge in [0.25, 0.3) is 0 Å².